The smallest absolute Gasteiger partial charge is 0.408 e. The average Bonchev–Trinajstić information content (AvgIpc) is 2.44. The number of carbonyl (C=O) groups is 3. The van der Waals surface area contributed by atoms with E-state index in [1.807, 2.05) is 0 Å². The largest absolute Gasteiger partial charge is 0.458 e. The lowest BCUT2D eigenvalue weighted by molar-refractivity contribution is -0.157. The van der Waals surface area contributed by atoms with Crippen molar-refractivity contribution in [3.63, 3.8) is 0 Å². The summed E-state index contributed by atoms with van der Waals surface area (Å²) in [7, 11) is 0. The summed E-state index contributed by atoms with van der Waals surface area (Å²) >= 11 is 0. The van der Waals surface area contributed by atoms with E-state index in [4.69, 9.17) is 15.0 Å². The molecule has 0 heterocycles. The van der Waals surface area contributed by atoms with Gasteiger partial charge in [0, 0.05) is 24.4 Å². The number of nitrogens with one attached hydrogen (secondary N) is 2. The number of hydrogen-bond acceptors (Lipinski definition) is 6. The third-order valence-corrected chi connectivity index (χ3v) is 2.64. The first kappa shape index (κ1) is 23.5. The van der Waals surface area contributed by atoms with E-state index < -0.39 is 29.3 Å². The molecule has 148 valence electrons. The number of amides is 2. The van der Waals surface area contributed by atoms with Crippen LogP contribution in [0.15, 0.2) is 5.11 Å². The number of ether oxygens (including phenoxy) is 2. The lowest BCUT2D eigenvalue weighted by Crippen LogP contribution is -2.46. The second-order valence-corrected chi connectivity index (χ2v) is 7.58. The molecule has 0 aromatic heterocycles. The van der Waals surface area contributed by atoms with Crippen LogP contribution < -0.4 is 10.6 Å². The molecule has 1 atom stereocenters. The van der Waals surface area contributed by atoms with Crippen LogP contribution in [0.4, 0.5) is 4.79 Å². The predicted molar refractivity (Wildman–Crippen MR) is 95.3 cm³/mol. The van der Waals surface area contributed by atoms with Gasteiger partial charge >= 0.3 is 12.1 Å². The van der Waals surface area contributed by atoms with E-state index in [2.05, 4.69) is 20.7 Å². The lowest BCUT2D eigenvalue weighted by Gasteiger charge is -2.26. The van der Waals surface area contributed by atoms with Crippen LogP contribution in [0.3, 0.4) is 0 Å². The van der Waals surface area contributed by atoms with Crippen LogP contribution in [0.25, 0.3) is 10.4 Å². The molecule has 0 bridgehead atoms. The minimum Gasteiger partial charge on any atom is -0.458 e. The van der Waals surface area contributed by atoms with Crippen molar-refractivity contribution in [2.24, 2.45) is 5.11 Å². The summed E-state index contributed by atoms with van der Waals surface area (Å²) in [4.78, 5) is 38.6. The van der Waals surface area contributed by atoms with Crippen molar-refractivity contribution in [2.45, 2.75) is 71.6 Å². The topological polar surface area (TPSA) is 142 Å². The Bertz CT molecular complexity index is 544. The van der Waals surface area contributed by atoms with Crippen LogP contribution in [0.5, 0.6) is 0 Å². The first-order valence-electron chi connectivity index (χ1n) is 8.34. The molecular formula is C16H29N5O5. The SMILES string of the molecule is CC(C)(C)OC(=O)NC(CCC(=O)NCCN=[N+]=[N-])C(=O)OC(C)(C)C. The number of carbonyl (C=O) groups excluding carboxylic acids is 3. The van der Waals surface area contributed by atoms with Crippen molar-refractivity contribution >= 4 is 18.0 Å². The number of esters is 1. The van der Waals surface area contributed by atoms with Gasteiger partial charge in [-0.2, -0.15) is 0 Å². The highest BCUT2D eigenvalue weighted by molar-refractivity contribution is 5.83. The molecule has 0 aliphatic carbocycles. The molecular weight excluding hydrogens is 342 g/mol. The van der Waals surface area contributed by atoms with E-state index >= 15 is 0 Å². The van der Waals surface area contributed by atoms with Crippen LogP contribution in [0.1, 0.15) is 54.4 Å². The summed E-state index contributed by atoms with van der Waals surface area (Å²) in [5, 5.41) is 8.30. The van der Waals surface area contributed by atoms with Gasteiger partial charge in [-0.25, -0.2) is 9.59 Å². The molecule has 0 saturated carbocycles. The van der Waals surface area contributed by atoms with Crippen LogP contribution in [-0.2, 0) is 19.1 Å². The Balaban J connectivity index is 4.77. The van der Waals surface area contributed by atoms with Gasteiger partial charge in [-0.15, -0.1) is 0 Å². The lowest BCUT2D eigenvalue weighted by atomic mass is 10.1. The molecule has 0 saturated heterocycles. The molecule has 1 unspecified atom stereocenters. The fourth-order valence-electron chi connectivity index (χ4n) is 1.73. The normalized spacial score (nSPS) is 12.4. The Kier molecular flexibility index (Phi) is 9.50. The molecule has 2 amide bonds. The van der Waals surface area contributed by atoms with Crippen molar-refractivity contribution in [2.75, 3.05) is 13.1 Å². The summed E-state index contributed by atoms with van der Waals surface area (Å²) in [5.74, 6) is -0.983. The predicted octanol–water partition coefficient (Wildman–Crippen LogP) is 2.43. The highest BCUT2D eigenvalue weighted by Crippen LogP contribution is 2.12. The van der Waals surface area contributed by atoms with E-state index in [0.29, 0.717) is 0 Å². The van der Waals surface area contributed by atoms with Gasteiger partial charge in [0.25, 0.3) is 0 Å². The maximum Gasteiger partial charge on any atom is 0.408 e. The second kappa shape index (κ2) is 10.5. The molecule has 2 N–H and O–H groups in total. The van der Waals surface area contributed by atoms with Crippen molar-refractivity contribution in [1.29, 1.82) is 0 Å². The Morgan fingerprint density at radius 3 is 2.15 bits per heavy atom. The Hall–Kier alpha value is -2.48. The van der Waals surface area contributed by atoms with Crippen LogP contribution >= 0.6 is 0 Å². The van der Waals surface area contributed by atoms with Gasteiger partial charge in [0.2, 0.25) is 5.91 Å². The molecule has 26 heavy (non-hydrogen) atoms. The molecule has 0 aliphatic rings. The molecule has 10 heteroatoms. The monoisotopic (exact) mass is 371 g/mol. The Morgan fingerprint density at radius 2 is 1.65 bits per heavy atom. The third kappa shape index (κ3) is 12.9. The Labute approximate surface area is 153 Å². The van der Waals surface area contributed by atoms with Gasteiger partial charge < -0.3 is 20.1 Å². The van der Waals surface area contributed by atoms with Crippen molar-refractivity contribution < 1.29 is 23.9 Å². The molecule has 0 spiro atoms. The molecule has 0 aromatic carbocycles. The summed E-state index contributed by atoms with van der Waals surface area (Å²) in [5.41, 5.74) is 6.71. The summed E-state index contributed by atoms with van der Waals surface area (Å²) in [6.07, 6.45) is -0.741. The molecule has 0 radical (unpaired) electrons. The van der Waals surface area contributed by atoms with E-state index in [1.165, 1.54) is 0 Å². The van der Waals surface area contributed by atoms with E-state index in [9.17, 15) is 14.4 Å². The average molecular weight is 371 g/mol. The molecule has 10 nitrogen and oxygen atoms in total. The minimum atomic E-state index is -1.02. The number of alkyl carbamates (subject to hydrolysis) is 1. The highest BCUT2D eigenvalue weighted by atomic mass is 16.6. The first-order chi connectivity index (χ1) is 11.8. The molecule has 0 aromatic rings. The number of nitrogens with zero attached hydrogens (tertiary/aromatic N) is 3. The second-order valence-electron chi connectivity index (χ2n) is 7.58. The zero-order valence-corrected chi connectivity index (χ0v) is 16.3. The summed E-state index contributed by atoms with van der Waals surface area (Å²) < 4.78 is 10.4. The third-order valence-electron chi connectivity index (χ3n) is 2.64. The van der Waals surface area contributed by atoms with Crippen molar-refractivity contribution in [1.82, 2.24) is 10.6 Å². The molecule has 0 aliphatic heterocycles. The number of azide groups is 1. The molecule has 0 fully saturated rings. The van der Waals surface area contributed by atoms with E-state index in [-0.39, 0.29) is 31.8 Å². The van der Waals surface area contributed by atoms with Gasteiger partial charge in [-0.3, -0.25) is 4.79 Å². The standard InChI is InChI=1S/C16H29N5O5/c1-15(2,3)25-13(23)11(20-14(24)26-16(4,5)6)7-8-12(22)18-9-10-19-21-17/h11H,7-10H2,1-6H3,(H,18,22)(H,20,24). The summed E-state index contributed by atoms with van der Waals surface area (Å²) in [6.45, 7) is 10.5. The zero-order valence-electron chi connectivity index (χ0n) is 16.3. The fraction of sp³-hybridized carbons (Fsp3) is 0.812. The Morgan fingerprint density at radius 1 is 1.08 bits per heavy atom. The highest BCUT2D eigenvalue weighted by Gasteiger charge is 2.29. The van der Waals surface area contributed by atoms with Gasteiger partial charge in [0.1, 0.15) is 17.2 Å². The van der Waals surface area contributed by atoms with Crippen LogP contribution in [-0.4, -0.2) is 48.3 Å². The first-order valence-corrected chi connectivity index (χ1v) is 8.34. The number of hydrogen-bond donors (Lipinski definition) is 2. The molecule has 0 rings (SSSR count). The fourth-order valence-corrected chi connectivity index (χ4v) is 1.73. The maximum atomic E-state index is 12.3. The zero-order chi connectivity index (χ0) is 20.4. The maximum absolute atomic E-state index is 12.3. The van der Waals surface area contributed by atoms with E-state index in [0.717, 1.165) is 0 Å². The van der Waals surface area contributed by atoms with Crippen molar-refractivity contribution in [3.05, 3.63) is 10.4 Å². The van der Waals surface area contributed by atoms with Gasteiger partial charge in [-0.05, 0) is 53.5 Å². The quantitative estimate of drug-likeness (QED) is 0.221. The number of rotatable bonds is 8. The minimum absolute atomic E-state index is 0.0179. The van der Waals surface area contributed by atoms with Gasteiger partial charge in [0.15, 0.2) is 0 Å². The van der Waals surface area contributed by atoms with Crippen LogP contribution in [0, 0.1) is 0 Å². The van der Waals surface area contributed by atoms with Crippen LogP contribution in [0.2, 0.25) is 0 Å². The van der Waals surface area contributed by atoms with Gasteiger partial charge in [-0.1, -0.05) is 5.11 Å². The van der Waals surface area contributed by atoms with Crippen molar-refractivity contribution in [3.8, 4) is 0 Å². The van der Waals surface area contributed by atoms with E-state index in [1.54, 1.807) is 41.5 Å². The van der Waals surface area contributed by atoms with Gasteiger partial charge in [0.05, 0.1) is 0 Å². The summed E-state index contributed by atoms with van der Waals surface area (Å²) in [6, 6.07) is -1.02.